The first-order valence-electron chi connectivity index (χ1n) is 8.75. The van der Waals surface area contributed by atoms with Gasteiger partial charge < -0.3 is 19.4 Å². The number of carbonyl (C=O) groups excluding carboxylic acids is 2. The van der Waals surface area contributed by atoms with Crippen molar-refractivity contribution in [2.24, 2.45) is 0 Å². The van der Waals surface area contributed by atoms with Crippen LogP contribution in [0.15, 0.2) is 24.3 Å². The quantitative estimate of drug-likeness (QED) is 0.631. The molecule has 7 nitrogen and oxygen atoms in total. The number of para-hydroxylation sites is 2. The first-order chi connectivity index (χ1) is 12.2. The smallest absolute Gasteiger partial charge is 0.408 e. The summed E-state index contributed by atoms with van der Waals surface area (Å²) in [5.41, 5.74) is 1.41. The predicted molar refractivity (Wildman–Crippen MR) is 98.9 cm³/mol. The van der Waals surface area contributed by atoms with Crippen LogP contribution >= 0.6 is 0 Å². The lowest BCUT2D eigenvalue weighted by Gasteiger charge is -2.21. The van der Waals surface area contributed by atoms with Gasteiger partial charge in [0.25, 0.3) is 0 Å². The summed E-state index contributed by atoms with van der Waals surface area (Å²) in [7, 11) is 0. The lowest BCUT2D eigenvalue weighted by Crippen LogP contribution is -2.42. The van der Waals surface area contributed by atoms with Gasteiger partial charge in [-0.05, 0) is 53.2 Å². The van der Waals surface area contributed by atoms with Crippen LogP contribution in [0.1, 0.15) is 39.9 Å². The number of nitrogens with zero attached hydrogens (tertiary/aromatic N) is 2. The number of aromatic nitrogens is 2. The van der Waals surface area contributed by atoms with Crippen LogP contribution in [-0.4, -0.2) is 39.9 Å². The topological polar surface area (TPSA) is 82.5 Å². The van der Waals surface area contributed by atoms with Gasteiger partial charge in [0.15, 0.2) is 0 Å². The standard InChI is InChI=1S/C19H27N3O4/c1-13(20-18(24)26-19(3,4)5)17(23)25-12-8-11-22-14(2)21-15-9-6-7-10-16(15)22/h6-7,9-10,13H,8,11-12H2,1-5H3,(H,20,24). The van der Waals surface area contributed by atoms with Crippen molar-refractivity contribution < 1.29 is 19.1 Å². The van der Waals surface area contributed by atoms with Gasteiger partial charge in [0.2, 0.25) is 0 Å². The molecule has 0 radical (unpaired) electrons. The van der Waals surface area contributed by atoms with Crippen LogP contribution in [0.5, 0.6) is 0 Å². The number of hydrogen-bond acceptors (Lipinski definition) is 5. The molecule has 1 atom stereocenters. The average molecular weight is 361 g/mol. The molecule has 1 N–H and O–H groups in total. The van der Waals surface area contributed by atoms with Gasteiger partial charge in [-0.1, -0.05) is 12.1 Å². The van der Waals surface area contributed by atoms with Gasteiger partial charge in [0.05, 0.1) is 17.6 Å². The number of carbonyl (C=O) groups is 2. The zero-order valence-electron chi connectivity index (χ0n) is 16.0. The van der Waals surface area contributed by atoms with Gasteiger partial charge in [-0.15, -0.1) is 0 Å². The Morgan fingerprint density at radius 1 is 1.27 bits per heavy atom. The number of amides is 1. The maximum Gasteiger partial charge on any atom is 0.408 e. The summed E-state index contributed by atoms with van der Waals surface area (Å²) in [5, 5.41) is 2.47. The number of alkyl carbamates (subject to hydrolysis) is 1. The highest BCUT2D eigenvalue weighted by Gasteiger charge is 2.21. The normalized spacial score (nSPS) is 12.7. The molecule has 1 aromatic carbocycles. The second-order valence-electron chi connectivity index (χ2n) is 7.19. The fraction of sp³-hybridized carbons (Fsp3) is 0.526. The van der Waals surface area contributed by atoms with Crippen LogP contribution in [-0.2, 0) is 20.8 Å². The molecule has 0 saturated carbocycles. The van der Waals surface area contributed by atoms with Gasteiger partial charge in [-0.25, -0.2) is 14.6 Å². The maximum absolute atomic E-state index is 12.0. The molecule has 0 aliphatic heterocycles. The third kappa shape index (κ3) is 5.47. The van der Waals surface area contributed by atoms with Crippen LogP contribution in [0.3, 0.4) is 0 Å². The molecule has 7 heteroatoms. The monoisotopic (exact) mass is 361 g/mol. The van der Waals surface area contributed by atoms with Crippen molar-refractivity contribution in [3.8, 4) is 0 Å². The molecule has 0 aliphatic carbocycles. The Bertz CT molecular complexity index is 777. The number of nitrogens with one attached hydrogen (secondary N) is 1. The van der Waals surface area contributed by atoms with Gasteiger partial charge >= 0.3 is 12.1 Å². The van der Waals surface area contributed by atoms with Gasteiger partial charge in [0, 0.05) is 6.54 Å². The number of aryl methyl sites for hydroxylation is 2. The highest BCUT2D eigenvalue weighted by atomic mass is 16.6. The number of fused-ring (bicyclic) bond motifs is 1. The summed E-state index contributed by atoms with van der Waals surface area (Å²) < 4.78 is 12.5. The lowest BCUT2D eigenvalue weighted by molar-refractivity contribution is -0.145. The molecule has 0 fully saturated rings. The van der Waals surface area contributed by atoms with Crippen molar-refractivity contribution >= 4 is 23.1 Å². The van der Waals surface area contributed by atoms with E-state index < -0.39 is 23.7 Å². The van der Waals surface area contributed by atoms with Gasteiger partial charge in [-0.2, -0.15) is 0 Å². The molecule has 1 aromatic heterocycles. The zero-order valence-corrected chi connectivity index (χ0v) is 16.0. The van der Waals surface area contributed by atoms with E-state index in [-0.39, 0.29) is 6.61 Å². The van der Waals surface area contributed by atoms with Crippen molar-refractivity contribution in [1.29, 1.82) is 0 Å². The molecule has 0 aliphatic rings. The van der Waals surface area contributed by atoms with E-state index in [0.29, 0.717) is 13.0 Å². The van der Waals surface area contributed by atoms with Gasteiger partial charge in [-0.3, -0.25) is 0 Å². The molecule has 26 heavy (non-hydrogen) atoms. The van der Waals surface area contributed by atoms with E-state index >= 15 is 0 Å². The zero-order chi connectivity index (χ0) is 19.3. The Morgan fingerprint density at radius 2 is 1.96 bits per heavy atom. The highest BCUT2D eigenvalue weighted by Crippen LogP contribution is 2.15. The molecule has 2 rings (SSSR count). The number of ether oxygens (including phenoxy) is 2. The van der Waals surface area contributed by atoms with E-state index in [1.807, 2.05) is 31.2 Å². The molecule has 1 unspecified atom stereocenters. The fourth-order valence-corrected chi connectivity index (χ4v) is 2.54. The number of esters is 1. The Labute approximate surface area is 153 Å². The molecule has 0 bridgehead atoms. The van der Waals surface area contributed by atoms with Crippen LogP contribution in [0.25, 0.3) is 11.0 Å². The number of rotatable bonds is 6. The van der Waals surface area contributed by atoms with Crippen LogP contribution < -0.4 is 5.32 Å². The first kappa shape index (κ1) is 19.8. The highest BCUT2D eigenvalue weighted by molar-refractivity contribution is 5.81. The molecule has 2 aromatic rings. The second-order valence-corrected chi connectivity index (χ2v) is 7.19. The SMILES string of the molecule is Cc1nc2ccccc2n1CCCOC(=O)C(C)NC(=O)OC(C)(C)C. The Kier molecular flexibility index (Phi) is 6.23. The lowest BCUT2D eigenvalue weighted by atomic mass is 10.2. The summed E-state index contributed by atoms with van der Waals surface area (Å²) >= 11 is 0. The minimum Gasteiger partial charge on any atom is -0.464 e. The molecular weight excluding hydrogens is 334 g/mol. The molecule has 142 valence electrons. The van der Waals surface area contributed by atoms with Crippen molar-refractivity contribution in [3.05, 3.63) is 30.1 Å². The number of benzene rings is 1. The summed E-state index contributed by atoms with van der Waals surface area (Å²) in [6, 6.07) is 7.17. The maximum atomic E-state index is 12.0. The molecule has 1 heterocycles. The minimum absolute atomic E-state index is 0.269. The van der Waals surface area contributed by atoms with Gasteiger partial charge in [0.1, 0.15) is 17.5 Å². The predicted octanol–water partition coefficient (Wildman–Crippen LogP) is 3.19. The minimum atomic E-state index is -0.763. The van der Waals surface area contributed by atoms with Crippen molar-refractivity contribution in [3.63, 3.8) is 0 Å². The molecule has 0 saturated heterocycles. The van der Waals surface area contributed by atoms with Crippen molar-refractivity contribution in [2.75, 3.05) is 6.61 Å². The van der Waals surface area contributed by atoms with Crippen LogP contribution in [0, 0.1) is 6.92 Å². The Balaban J connectivity index is 1.77. The second kappa shape index (κ2) is 8.21. The molecular formula is C19H27N3O4. The van der Waals surface area contributed by atoms with E-state index in [1.165, 1.54) is 0 Å². The Hall–Kier alpha value is -2.57. The summed E-state index contributed by atoms with van der Waals surface area (Å²) in [4.78, 5) is 28.2. The third-order valence-electron chi connectivity index (χ3n) is 3.70. The van der Waals surface area contributed by atoms with Crippen LogP contribution in [0.4, 0.5) is 4.79 Å². The summed E-state index contributed by atoms with van der Waals surface area (Å²) in [6.07, 6.45) is 0.0222. The summed E-state index contributed by atoms with van der Waals surface area (Å²) in [5.74, 6) is 0.445. The van der Waals surface area contributed by atoms with E-state index in [2.05, 4.69) is 14.9 Å². The van der Waals surface area contributed by atoms with Crippen molar-refractivity contribution in [1.82, 2.24) is 14.9 Å². The first-order valence-corrected chi connectivity index (χ1v) is 8.75. The third-order valence-corrected chi connectivity index (χ3v) is 3.70. The van der Waals surface area contributed by atoms with E-state index in [1.54, 1.807) is 27.7 Å². The van der Waals surface area contributed by atoms with E-state index in [4.69, 9.17) is 9.47 Å². The summed E-state index contributed by atoms with van der Waals surface area (Å²) in [6.45, 7) is 9.78. The van der Waals surface area contributed by atoms with E-state index in [9.17, 15) is 9.59 Å². The molecule has 1 amide bonds. The Morgan fingerprint density at radius 3 is 2.65 bits per heavy atom. The fourth-order valence-electron chi connectivity index (χ4n) is 2.54. The van der Waals surface area contributed by atoms with E-state index in [0.717, 1.165) is 16.9 Å². The van der Waals surface area contributed by atoms with Crippen LogP contribution in [0.2, 0.25) is 0 Å². The van der Waals surface area contributed by atoms with Crippen molar-refractivity contribution in [2.45, 2.75) is 59.2 Å². The number of imidazole rings is 1. The average Bonchev–Trinajstić information content (AvgIpc) is 2.84. The number of hydrogen-bond donors (Lipinski definition) is 1. The molecule has 0 spiro atoms. The largest absolute Gasteiger partial charge is 0.464 e.